The topological polar surface area (TPSA) is 53.1 Å². The molecule has 2 rings (SSSR count). The molecule has 102 valence electrons. The van der Waals surface area contributed by atoms with Gasteiger partial charge in [0.1, 0.15) is 5.75 Å². The zero-order chi connectivity index (χ0) is 14.2. The number of aromatic nitrogens is 2. The molecule has 0 unspecified atom stereocenters. The summed E-state index contributed by atoms with van der Waals surface area (Å²) in [6.07, 6.45) is 0.0970. The van der Waals surface area contributed by atoms with Gasteiger partial charge in [-0.1, -0.05) is 0 Å². The number of benzene rings is 1. The number of nitrogen functional groups attached to an aromatic ring is 1. The summed E-state index contributed by atoms with van der Waals surface area (Å²) in [5.74, 6) is 0.706. The summed E-state index contributed by atoms with van der Waals surface area (Å²) in [6, 6.07) is 5.76. The molecule has 0 aliphatic heterocycles. The second-order valence-electron chi connectivity index (χ2n) is 5.10. The molecule has 2 aromatic rings. The van der Waals surface area contributed by atoms with Crippen molar-refractivity contribution in [2.24, 2.45) is 0 Å². The number of hydrogen-bond acceptors (Lipinski definition) is 3. The summed E-state index contributed by atoms with van der Waals surface area (Å²) in [5, 5.41) is 4.55. The van der Waals surface area contributed by atoms with E-state index in [1.165, 1.54) is 5.56 Å². The van der Waals surface area contributed by atoms with Crippen LogP contribution in [0, 0.1) is 20.8 Å². The minimum Gasteiger partial charge on any atom is -0.489 e. The number of anilines is 1. The first kappa shape index (κ1) is 13.5. The van der Waals surface area contributed by atoms with E-state index in [2.05, 4.69) is 18.9 Å². The molecule has 0 atom stereocenters. The third kappa shape index (κ3) is 2.57. The first-order chi connectivity index (χ1) is 8.90. The van der Waals surface area contributed by atoms with Gasteiger partial charge in [0, 0.05) is 11.8 Å². The van der Waals surface area contributed by atoms with E-state index in [1.54, 1.807) is 0 Å². The van der Waals surface area contributed by atoms with E-state index in [0.717, 1.165) is 17.1 Å². The smallest absolute Gasteiger partial charge is 0.144 e. The van der Waals surface area contributed by atoms with Crippen LogP contribution in [0.3, 0.4) is 0 Å². The predicted octanol–water partition coefficient (Wildman–Crippen LogP) is 3.17. The molecular weight excluding hydrogens is 238 g/mol. The van der Waals surface area contributed by atoms with Gasteiger partial charge in [0.05, 0.1) is 23.2 Å². The van der Waals surface area contributed by atoms with E-state index in [-0.39, 0.29) is 6.10 Å². The molecule has 1 heterocycles. The molecule has 0 radical (unpaired) electrons. The number of ether oxygens (including phenoxy) is 1. The Morgan fingerprint density at radius 2 is 1.89 bits per heavy atom. The molecule has 0 saturated carbocycles. The van der Waals surface area contributed by atoms with Gasteiger partial charge < -0.3 is 10.5 Å². The quantitative estimate of drug-likeness (QED) is 0.861. The van der Waals surface area contributed by atoms with Gasteiger partial charge in [-0.3, -0.25) is 0 Å². The summed E-state index contributed by atoms with van der Waals surface area (Å²) in [5.41, 5.74) is 10.9. The van der Waals surface area contributed by atoms with E-state index in [4.69, 9.17) is 10.5 Å². The third-order valence-electron chi connectivity index (χ3n) is 3.26. The molecule has 1 aromatic heterocycles. The SMILES string of the molecule is Cc1nn(-c2ccc(N)c(OC(C)C)c2)c(C)c1C. The Bertz CT molecular complexity index is 600. The van der Waals surface area contributed by atoms with Crippen molar-refractivity contribution in [1.29, 1.82) is 0 Å². The van der Waals surface area contributed by atoms with Gasteiger partial charge in [-0.25, -0.2) is 4.68 Å². The lowest BCUT2D eigenvalue weighted by atomic mass is 10.2. The van der Waals surface area contributed by atoms with Gasteiger partial charge in [-0.05, 0) is 52.3 Å². The maximum Gasteiger partial charge on any atom is 0.144 e. The lowest BCUT2D eigenvalue weighted by molar-refractivity contribution is 0.244. The molecule has 0 bridgehead atoms. The number of rotatable bonds is 3. The van der Waals surface area contributed by atoms with Crippen LogP contribution in [0.1, 0.15) is 30.8 Å². The normalized spacial score (nSPS) is 11.1. The monoisotopic (exact) mass is 259 g/mol. The number of aryl methyl sites for hydroxylation is 1. The second-order valence-corrected chi connectivity index (χ2v) is 5.10. The van der Waals surface area contributed by atoms with Crippen molar-refractivity contribution >= 4 is 5.69 Å². The van der Waals surface area contributed by atoms with E-state index >= 15 is 0 Å². The Morgan fingerprint density at radius 1 is 1.21 bits per heavy atom. The van der Waals surface area contributed by atoms with Crippen LogP contribution < -0.4 is 10.5 Å². The van der Waals surface area contributed by atoms with Crippen LogP contribution in [0.4, 0.5) is 5.69 Å². The lowest BCUT2D eigenvalue weighted by Gasteiger charge is -2.14. The van der Waals surface area contributed by atoms with E-state index in [9.17, 15) is 0 Å². The predicted molar refractivity (Wildman–Crippen MR) is 78.0 cm³/mol. The average Bonchev–Trinajstić information content (AvgIpc) is 2.59. The van der Waals surface area contributed by atoms with Crippen molar-refractivity contribution < 1.29 is 4.74 Å². The van der Waals surface area contributed by atoms with Crippen LogP contribution in [0.25, 0.3) is 5.69 Å². The van der Waals surface area contributed by atoms with E-state index in [0.29, 0.717) is 11.4 Å². The van der Waals surface area contributed by atoms with Gasteiger partial charge in [0.2, 0.25) is 0 Å². The molecular formula is C15H21N3O. The second kappa shape index (κ2) is 4.96. The van der Waals surface area contributed by atoms with Gasteiger partial charge in [0.25, 0.3) is 0 Å². The molecule has 2 N–H and O–H groups in total. The lowest BCUT2D eigenvalue weighted by Crippen LogP contribution is -2.08. The summed E-state index contributed by atoms with van der Waals surface area (Å²) < 4.78 is 7.65. The highest BCUT2D eigenvalue weighted by Crippen LogP contribution is 2.27. The van der Waals surface area contributed by atoms with Crippen molar-refractivity contribution in [2.45, 2.75) is 40.7 Å². The van der Waals surface area contributed by atoms with E-state index < -0.39 is 0 Å². The molecule has 4 nitrogen and oxygen atoms in total. The van der Waals surface area contributed by atoms with Crippen molar-refractivity contribution in [3.63, 3.8) is 0 Å². The molecule has 0 spiro atoms. The molecule has 0 aliphatic rings. The number of hydrogen-bond donors (Lipinski definition) is 1. The fourth-order valence-electron chi connectivity index (χ4n) is 1.98. The zero-order valence-corrected chi connectivity index (χ0v) is 12.2. The summed E-state index contributed by atoms with van der Waals surface area (Å²) in [7, 11) is 0. The molecule has 19 heavy (non-hydrogen) atoms. The Morgan fingerprint density at radius 3 is 2.42 bits per heavy atom. The summed E-state index contributed by atoms with van der Waals surface area (Å²) in [4.78, 5) is 0. The van der Waals surface area contributed by atoms with Crippen molar-refractivity contribution in [3.8, 4) is 11.4 Å². The van der Waals surface area contributed by atoms with Crippen LogP contribution in [0.15, 0.2) is 18.2 Å². The number of nitrogens with zero attached hydrogens (tertiary/aromatic N) is 2. The first-order valence-electron chi connectivity index (χ1n) is 6.49. The van der Waals surface area contributed by atoms with Crippen LogP contribution in [0.2, 0.25) is 0 Å². The molecule has 0 aliphatic carbocycles. The fraction of sp³-hybridized carbons (Fsp3) is 0.400. The maximum absolute atomic E-state index is 5.93. The Hall–Kier alpha value is -1.97. The molecule has 0 saturated heterocycles. The van der Waals surface area contributed by atoms with Crippen LogP contribution >= 0.6 is 0 Å². The minimum atomic E-state index is 0.0970. The maximum atomic E-state index is 5.93. The highest BCUT2D eigenvalue weighted by molar-refractivity contribution is 5.57. The standard InChI is InChI=1S/C15H21N3O/c1-9(2)19-15-8-13(6-7-14(15)16)18-12(5)10(3)11(4)17-18/h6-9H,16H2,1-5H3. The highest BCUT2D eigenvalue weighted by atomic mass is 16.5. The third-order valence-corrected chi connectivity index (χ3v) is 3.26. The Kier molecular flexibility index (Phi) is 3.51. The molecule has 1 aromatic carbocycles. The van der Waals surface area contributed by atoms with Gasteiger partial charge >= 0.3 is 0 Å². The minimum absolute atomic E-state index is 0.0970. The van der Waals surface area contributed by atoms with Gasteiger partial charge in [-0.2, -0.15) is 5.10 Å². The number of nitrogens with two attached hydrogens (primary N) is 1. The van der Waals surface area contributed by atoms with Crippen LogP contribution in [0.5, 0.6) is 5.75 Å². The molecule has 0 amide bonds. The van der Waals surface area contributed by atoms with Gasteiger partial charge in [0.15, 0.2) is 0 Å². The van der Waals surface area contributed by atoms with Crippen LogP contribution in [-0.4, -0.2) is 15.9 Å². The average molecular weight is 259 g/mol. The highest BCUT2D eigenvalue weighted by Gasteiger charge is 2.11. The fourth-order valence-corrected chi connectivity index (χ4v) is 1.98. The molecule has 0 fully saturated rings. The van der Waals surface area contributed by atoms with Gasteiger partial charge in [-0.15, -0.1) is 0 Å². The van der Waals surface area contributed by atoms with E-state index in [1.807, 2.05) is 43.7 Å². The largest absolute Gasteiger partial charge is 0.489 e. The first-order valence-corrected chi connectivity index (χ1v) is 6.49. The summed E-state index contributed by atoms with van der Waals surface area (Å²) >= 11 is 0. The summed E-state index contributed by atoms with van der Waals surface area (Å²) in [6.45, 7) is 10.1. The zero-order valence-electron chi connectivity index (χ0n) is 12.2. The Labute approximate surface area is 114 Å². The molecule has 4 heteroatoms. The van der Waals surface area contributed by atoms with Crippen LogP contribution in [-0.2, 0) is 0 Å². The Balaban J connectivity index is 2.48. The van der Waals surface area contributed by atoms with Crippen molar-refractivity contribution in [3.05, 3.63) is 35.2 Å². The van der Waals surface area contributed by atoms with Crippen molar-refractivity contribution in [2.75, 3.05) is 5.73 Å². The van der Waals surface area contributed by atoms with Crippen molar-refractivity contribution in [1.82, 2.24) is 9.78 Å².